The summed E-state index contributed by atoms with van der Waals surface area (Å²) in [7, 11) is -2.01. The second-order valence-corrected chi connectivity index (χ2v) is 6.14. The smallest absolute Gasteiger partial charge is 0.263 e. The van der Waals surface area contributed by atoms with Gasteiger partial charge < -0.3 is 9.64 Å². The Morgan fingerprint density at radius 1 is 1.25 bits per heavy atom. The van der Waals surface area contributed by atoms with Crippen LogP contribution in [0.15, 0.2) is 29.2 Å². The molecule has 1 aromatic carbocycles. The highest BCUT2D eigenvalue weighted by Gasteiger charge is 2.25. The van der Waals surface area contributed by atoms with Gasteiger partial charge in [0.15, 0.2) is 10.9 Å². The molecule has 104 valence electrons. The number of nitrogens with zero attached hydrogens (tertiary/aromatic N) is 3. The number of hydrogen-bond donors (Lipinski definition) is 1. The second-order valence-electron chi connectivity index (χ2n) is 4.19. The van der Waals surface area contributed by atoms with Crippen molar-refractivity contribution in [3.05, 3.63) is 29.4 Å². The van der Waals surface area contributed by atoms with E-state index in [1.807, 2.05) is 0 Å². The number of halogens is 1. The molecule has 2 heterocycles. The molecule has 20 heavy (non-hydrogen) atoms. The van der Waals surface area contributed by atoms with Crippen molar-refractivity contribution in [3.8, 4) is 11.6 Å². The Balaban J connectivity index is 2.15. The molecule has 7 nitrogen and oxygen atoms in total. The van der Waals surface area contributed by atoms with Crippen LogP contribution >= 0.6 is 11.6 Å². The number of hydrogen-bond acceptors (Lipinski definition) is 6. The van der Waals surface area contributed by atoms with Crippen molar-refractivity contribution in [2.45, 2.75) is 4.90 Å². The zero-order chi connectivity index (χ0) is 14.5. The van der Waals surface area contributed by atoms with Gasteiger partial charge in [-0.3, -0.25) is 0 Å². The maximum absolute atomic E-state index is 11.4. The van der Waals surface area contributed by atoms with E-state index in [1.165, 1.54) is 12.1 Å². The van der Waals surface area contributed by atoms with E-state index >= 15 is 0 Å². The highest BCUT2D eigenvalue weighted by Crippen LogP contribution is 2.45. The molecular formula is C11H9ClN4O3S. The summed E-state index contributed by atoms with van der Waals surface area (Å²) >= 11 is 5.80. The Labute approximate surface area is 120 Å². The van der Waals surface area contributed by atoms with Crippen LogP contribution in [-0.2, 0) is 10.0 Å². The van der Waals surface area contributed by atoms with E-state index in [-0.39, 0.29) is 15.9 Å². The third-order valence-electron chi connectivity index (χ3n) is 2.90. The van der Waals surface area contributed by atoms with E-state index in [9.17, 15) is 8.42 Å². The normalized spacial score (nSPS) is 13.4. The molecule has 1 aromatic heterocycles. The number of aromatic nitrogens is 2. The van der Waals surface area contributed by atoms with Crippen LogP contribution in [0.1, 0.15) is 0 Å². The first-order valence-electron chi connectivity index (χ1n) is 5.48. The average Bonchev–Trinajstić information content (AvgIpc) is 2.38. The van der Waals surface area contributed by atoms with E-state index in [0.717, 1.165) is 0 Å². The SMILES string of the molecule is CN1c2ccc(S(N)(=O)=O)cc2Oc2nnc(Cl)cc21. The standard InChI is InChI=1S/C11H9ClN4O3S/c1-16-7-3-2-6(20(13,17)18)4-9(7)19-11-8(16)5-10(12)14-15-11/h2-5H,1H3,(H2,13,17,18). The summed E-state index contributed by atoms with van der Waals surface area (Å²) in [6, 6.07) is 5.97. The first-order valence-corrected chi connectivity index (χ1v) is 7.40. The van der Waals surface area contributed by atoms with Gasteiger partial charge in [-0.2, -0.15) is 0 Å². The fourth-order valence-corrected chi connectivity index (χ4v) is 2.60. The van der Waals surface area contributed by atoms with Gasteiger partial charge in [0.1, 0.15) is 5.69 Å². The van der Waals surface area contributed by atoms with Crippen molar-refractivity contribution >= 4 is 33.0 Å². The molecule has 3 rings (SSSR count). The van der Waals surface area contributed by atoms with Crippen LogP contribution in [0.25, 0.3) is 0 Å². The lowest BCUT2D eigenvalue weighted by Crippen LogP contribution is -2.18. The first kappa shape index (κ1) is 13.1. The summed E-state index contributed by atoms with van der Waals surface area (Å²) in [5, 5.41) is 12.9. The van der Waals surface area contributed by atoms with Gasteiger partial charge in [0.25, 0.3) is 5.88 Å². The third-order valence-corrected chi connectivity index (χ3v) is 4.00. The number of rotatable bonds is 1. The molecule has 0 atom stereocenters. The number of benzene rings is 1. The molecule has 9 heteroatoms. The number of fused-ring (bicyclic) bond motifs is 2. The molecule has 0 bridgehead atoms. The quantitative estimate of drug-likeness (QED) is 0.859. The predicted molar refractivity (Wildman–Crippen MR) is 73.0 cm³/mol. The van der Waals surface area contributed by atoms with Crippen LogP contribution in [0, 0.1) is 0 Å². The Bertz CT molecular complexity index is 809. The van der Waals surface area contributed by atoms with Gasteiger partial charge in [-0.25, -0.2) is 13.6 Å². The lowest BCUT2D eigenvalue weighted by molar-refractivity contribution is 0.447. The van der Waals surface area contributed by atoms with Gasteiger partial charge >= 0.3 is 0 Å². The molecule has 1 aliphatic heterocycles. The Morgan fingerprint density at radius 3 is 2.70 bits per heavy atom. The fraction of sp³-hybridized carbons (Fsp3) is 0.0909. The summed E-state index contributed by atoms with van der Waals surface area (Å²) in [6.45, 7) is 0. The molecule has 0 fully saturated rings. The van der Waals surface area contributed by atoms with Gasteiger partial charge in [-0.1, -0.05) is 11.6 Å². The number of anilines is 2. The molecule has 0 amide bonds. The van der Waals surface area contributed by atoms with Crippen molar-refractivity contribution in [2.75, 3.05) is 11.9 Å². The van der Waals surface area contributed by atoms with Gasteiger partial charge in [0.2, 0.25) is 10.0 Å². The van der Waals surface area contributed by atoms with E-state index in [0.29, 0.717) is 17.1 Å². The number of primary sulfonamides is 1. The van der Waals surface area contributed by atoms with E-state index < -0.39 is 10.0 Å². The van der Waals surface area contributed by atoms with Crippen molar-refractivity contribution in [1.29, 1.82) is 0 Å². The van der Waals surface area contributed by atoms with Gasteiger partial charge in [-0.05, 0) is 12.1 Å². The van der Waals surface area contributed by atoms with E-state index in [2.05, 4.69) is 10.2 Å². The number of sulfonamides is 1. The summed E-state index contributed by atoms with van der Waals surface area (Å²) < 4.78 is 28.3. The molecule has 0 spiro atoms. The Hall–Kier alpha value is -1.90. The second kappa shape index (κ2) is 4.30. The topological polar surface area (TPSA) is 98.4 Å². The van der Waals surface area contributed by atoms with Crippen LogP contribution in [0.2, 0.25) is 5.15 Å². The monoisotopic (exact) mass is 312 g/mol. The molecule has 0 saturated heterocycles. The largest absolute Gasteiger partial charge is 0.434 e. The number of nitrogens with two attached hydrogens (primary N) is 1. The zero-order valence-corrected chi connectivity index (χ0v) is 11.8. The highest BCUT2D eigenvalue weighted by molar-refractivity contribution is 7.89. The molecule has 0 saturated carbocycles. The first-order chi connectivity index (χ1) is 9.36. The molecule has 0 aliphatic carbocycles. The molecular weight excluding hydrogens is 304 g/mol. The van der Waals surface area contributed by atoms with Crippen molar-refractivity contribution in [3.63, 3.8) is 0 Å². The van der Waals surface area contributed by atoms with E-state index in [1.54, 1.807) is 24.1 Å². The summed E-state index contributed by atoms with van der Waals surface area (Å²) in [5.74, 6) is 0.583. The van der Waals surface area contributed by atoms with Crippen molar-refractivity contribution in [1.82, 2.24) is 10.2 Å². The minimum Gasteiger partial charge on any atom is -0.434 e. The van der Waals surface area contributed by atoms with Crippen molar-refractivity contribution < 1.29 is 13.2 Å². The molecule has 0 radical (unpaired) electrons. The molecule has 0 unspecified atom stereocenters. The molecule has 1 aliphatic rings. The third kappa shape index (κ3) is 2.07. The van der Waals surface area contributed by atoms with E-state index in [4.69, 9.17) is 21.5 Å². The van der Waals surface area contributed by atoms with Gasteiger partial charge in [0.05, 0.1) is 10.6 Å². The zero-order valence-electron chi connectivity index (χ0n) is 10.2. The maximum atomic E-state index is 11.4. The fourth-order valence-electron chi connectivity index (χ4n) is 1.93. The van der Waals surface area contributed by atoms with Crippen LogP contribution in [-0.4, -0.2) is 25.7 Å². The Morgan fingerprint density at radius 2 is 2.00 bits per heavy atom. The van der Waals surface area contributed by atoms with Crippen LogP contribution < -0.4 is 14.8 Å². The minimum atomic E-state index is -3.79. The van der Waals surface area contributed by atoms with Gasteiger partial charge in [0, 0.05) is 19.2 Å². The average molecular weight is 313 g/mol. The predicted octanol–water partition coefficient (Wildman–Crippen LogP) is 1.65. The lowest BCUT2D eigenvalue weighted by Gasteiger charge is -2.28. The van der Waals surface area contributed by atoms with Crippen LogP contribution in [0.4, 0.5) is 11.4 Å². The summed E-state index contributed by atoms with van der Waals surface area (Å²) in [5.41, 5.74) is 1.31. The Kier molecular flexibility index (Phi) is 2.82. The number of ether oxygens (including phenoxy) is 1. The molecule has 2 aromatic rings. The van der Waals surface area contributed by atoms with Crippen LogP contribution in [0.5, 0.6) is 11.6 Å². The van der Waals surface area contributed by atoms with Crippen molar-refractivity contribution in [2.24, 2.45) is 5.14 Å². The van der Waals surface area contributed by atoms with Crippen LogP contribution in [0.3, 0.4) is 0 Å². The highest BCUT2D eigenvalue weighted by atomic mass is 35.5. The summed E-state index contributed by atoms with van der Waals surface area (Å²) in [6.07, 6.45) is 0. The van der Waals surface area contributed by atoms with Gasteiger partial charge in [-0.15, -0.1) is 10.2 Å². The lowest BCUT2D eigenvalue weighted by atomic mass is 10.2. The summed E-state index contributed by atoms with van der Waals surface area (Å²) in [4.78, 5) is 1.75. The minimum absolute atomic E-state index is 0.0324. The molecule has 2 N–H and O–H groups in total. The maximum Gasteiger partial charge on any atom is 0.263 e.